The van der Waals surface area contributed by atoms with Crippen LogP contribution in [0.1, 0.15) is 65.2 Å². The second-order valence-electron chi connectivity index (χ2n) is 5.35. The number of rotatable bonds is 8. The van der Waals surface area contributed by atoms with Crippen molar-refractivity contribution in [2.24, 2.45) is 0 Å². The molecule has 0 N–H and O–H groups in total. The maximum atomic E-state index is 9.25. The smallest absolute Gasteiger partial charge is 0.0946 e. The van der Waals surface area contributed by atoms with E-state index in [0.29, 0.717) is 0 Å². The third-order valence-electron chi connectivity index (χ3n) is 3.77. The molecule has 0 amide bonds. The zero-order valence-electron chi connectivity index (χ0n) is 12.2. The lowest BCUT2D eigenvalue weighted by molar-refractivity contribution is 0.333. The Morgan fingerprint density at radius 2 is 1.72 bits per heavy atom. The Bertz CT molecular complexity index is 293. The summed E-state index contributed by atoms with van der Waals surface area (Å²) in [6.45, 7) is 8.16. The van der Waals surface area contributed by atoms with E-state index in [1.165, 1.54) is 44.5 Å². The first-order valence-electron chi connectivity index (χ1n) is 7.65. The Balaban J connectivity index is 2.43. The molecule has 0 unspecified atom stereocenters. The van der Waals surface area contributed by atoms with Gasteiger partial charge in [-0.05, 0) is 58.2 Å². The lowest BCUT2D eigenvalue weighted by Gasteiger charge is -2.15. The largest absolute Gasteiger partial charge is 0.303 e. The highest BCUT2D eigenvalue weighted by Gasteiger charge is 2.11. The van der Waals surface area contributed by atoms with Crippen molar-refractivity contribution in [2.45, 2.75) is 65.2 Å². The molecule has 102 valence electrons. The van der Waals surface area contributed by atoms with Gasteiger partial charge in [-0.25, -0.2) is 0 Å². The predicted molar refractivity (Wildman–Crippen MR) is 77.4 cm³/mol. The highest BCUT2D eigenvalue weighted by Crippen LogP contribution is 2.21. The van der Waals surface area contributed by atoms with Crippen LogP contribution in [0.4, 0.5) is 0 Å². The molecule has 0 aromatic carbocycles. The summed E-state index contributed by atoms with van der Waals surface area (Å²) in [7, 11) is 0. The van der Waals surface area contributed by atoms with Gasteiger partial charge in [0.05, 0.1) is 6.07 Å². The molecule has 0 bridgehead atoms. The van der Waals surface area contributed by atoms with Crippen molar-refractivity contribution >= 4 is 0 Å². The minimum Gasteiger partial charge on any atom is -0.303 e. The second kappa shape index (κ2) is 9.16. The van der Waals surface area contributed by atoms with Crippen molar-refractivity contribution in [3.63, 3.8) is 0 Å². The summed E-state index contributed by atoms with van der Waals surface area (Å²) in [5.41, 5.74) is 2.50. The van der Waals surface area contributed by atoms with Gasteiger partial charge in [0.15, 0.2) is 0 Å². The highest BCUT2D eigenvalue weighted by molar-refractivity contribution is 5.27. The van der Waals surface area contributed by atoms with E-state index in [0.717, 1.165) is 37.7 Å². The van der Waals surface area contributed by atoms with Crippen LogP contribution in [0.5, 0.6) is 0 Å². The highest BCUT2D eigenvalue weighted by atomic mass is 15.1. The van der Waals surface area contributed by atoms with E-state index >= 15 is 0 Å². The SMILES string of the molecule is CCC/C(C#N)=C(\CCC)CCCN1CCCC1. The lowest BCUT2D eigenvalue weighted by Crippen LogP contribution is -2.20. The molecular formula is C16H28N2. The van der Waals surface area contributed by atoms with Gasteiger partial charge in [-0.2, -0.15) is 5.26 Å². The van der Waals surface area contributed by atoms with Gasteiger partial charge in [-0.3, -0.25) is 0 Å². The monoisotopic (exact) mass is 248 g/mol. The summed E-state index contributed by atoms with van der Waals surface area (Å²) in [5.74, 6) is 0. The summed E-state index contributed by atoms with van der Waals surface area (Å²) < 4.78 is 0. The van der Waals surface area contributed by atoms with E-state index < -0.39 is 0 Å². The van der Waals surface area contributed by atoms with Crippen LogP contribution in [-0.2, 0) is 0 Å². The zero-order valence-corrected chi connectivity index (χ0v) is 12.2. The second-order valence-corrected chi connectivity index (χ2v) is 5.35. The lowest BCUT2D eigenvalue weighted by atomic mass is 9.96. The van der Waals surface area contributed by atoms with Crippen LogP contribution >= 0.6 is 0 Å². The van der Waals surface area contributed by atoms with Crippen molar-refractivity contribution in [1.82, 2.24) is 4.90 Å². The first-order valence-corrected chi connectivity index (χ1v) is 7.65. The van der Waals surface area contributed by atoms with E-state index in [4.69, 9.17) is 0 Å². The van der Waals surface area contributed by atoms with E-state index in [9.17, 15) is 5.26 Å². The maximum Gasteiger partial charge on any atom is 0.0946 e. The average molecular weight is 248 g/mol. The minimum atomic E-state index is 0.968. The zero-order chi connectivity index (χ0) is 13.2. The molecule has 0 saturated carbocycles. The van der Waals surface area contributed by atoms with Gasteiger partial charge in [0.25, 0.3) is 0 Å². The van der Waals surface area contributed by atoms with Crippen LogP contribution in [0.15, 0.2) is 11.1 Å². The number of allylic oxidation sites excluding steroid dienone is 2. The maximum absolute atomic E-state index is 9.25. The third-order valence-corrected chi connectivity index (χ3v) is 3.77. The van der Waals surface area contributed by atoms with Crippen molar-refractivity contribution in [3.8, 4) is 6.07 Å². The Kier molecular flexibility index (Phi) is 7.76. The summed E-state index contributed by atoms with van der Waals surface area (Å²) in [6.07, 6.45) is 9.43. The number of nitriles is 1. The Labute approximate surface area is 113 Å². The molecular weight excluding hydrogens is 220 g/mol. The Hall–Kier alpha value is -0.810. The molecule has 2 nitrogen and oxygen atoms in total. The summed E-state index contributed by atoms with van der Waals surface area (Å²) in [6, 6.07) is 2.43. The fourth-order valence-corrected chi connectivity index (χ4v) is 2.81. The summed E-state index contributed by atoms with van der Waals surface area (Å²) >= 11 is 0. The van der Waals surface area contributed by atoms with Gasteiger partial charge < -0.3 is 4.90 Å². The van der Waals surface area contributed by atoms with E-state index in [2.05, 4.69) is 24.8 Å². The molecule has 1 aliphatic rings. The quantitative estimate of drug-likeness (QED) is 0.599. The van der Waals surface area contributed by atoms with E-state index in [-0.39, 0.29) is 0 Å². The van der Waals surface area contributed by atoms with Crippen LogP contribution in [0, 0.1) is 11.3 Å². The molecule has 18 heavy (non-hydrogen) atoms. The summed E-state index contributed by atoms with van der Waals surface area (Å²) in [5, 5.41) is 9.25. The van der Waals surface area contributed by atoms with E-state index in [1.54, 1.807) is 0 Å². The van der Waals surface area contributed by atoms with Gasteiger partial charge in [0.2, 0.25) is 0 Å². The Morgan fingerprint density at radius 1 is 1.06 bits per heavy atom. The van der Waals surface area contributed by atoms with Crippen LogP contribution in [0.3, 0.4) is 0 Å². The van der Waals surface area contributed by atoms with Gasteiger partial charge in [-0.1, -0.05) is 32.3 Å². The predicted octanol–water partition coefficient (Wildman–Crippen LogP) is 4.28. The molecule has 2 heteroatoms. The van der Waals surface area contributed by atoms with Crippen LogP contribution < -0.4 is 0 Å². The van der Waals surface area contributed by atoms with Gasteiger partial charge in [0.1, 0.15) is 0 Å². The topological polar surface area (TPSA) is 27.0 Å². The number of nitrogens with zero attached hydrogens (tertiary/aromatic N) is 2. The fourth-order valence-electron chi connectivity index (χ4n) is 2.81. The third kappa shape index (κ3) is 5.23. The molecule has 0 atom stereocenters. The molecule has 0 aliphatic carbocycles. The summed E-state index contributed by atoms with van der Waals surface area (Å²) in [4.78, 5) is 2.56. The van der Waals surface area contributed by atoms with Crippen molar-refractivity contribution < 1.29 is 0 Å². The number of likely N-dealkylation sites (tertiary alicyclic amines) is 1. The first-order chi connectivity index (χ1) is 8.81. The normalized spacial score (nSPS) is 17.6. The van der Waals surface area contributed by atoms with Crippen molar-refractivity contribution in [1.29, 1.82) is 5.26 Å². The standard InChI is InChI=1S/C16H28N2/c1-3-8-15(16(14-17)9-4-2)10-7-13-18-11-5-6-12-18/h3-13H2,1-2H3/b16-15-. The molecule has 1 saturated heterocycles. The molecule has 0 aromatic heterocycles. The van der Waals surface area contributed by atoms with Crippen LogP contribution in [0.2, 0.25) is 0 Å². The van der Waals surface area contributed by atoms with Gasteiger partial charge in [-0.15, -0.1) is 0 Å². The molecule has 1 heterocycles. The van der Waals surface area contributed by atoms with Gasteiger partial charge in [0, 0.05) is 5.57 Å². The van der Waals surface area contributed by atoms with Crippen molar-refractivity contribution in [2.75, 3.05) is 19.6 Å². The fraction of sp³-hybridized carbons (Fsp3) is 0.812. The molecule has 1 aliphatic heterocycles. The van der Waals surface area contributed by atoms with Crippen LogP contribution in [-0.4, -0.2) is 24.5 Å². The molecule has 1 fully saturated rings. The molecule has 0 aromatic rings. The van der Waals surface area contributed by atoms with Gasteiger partial charge >= 0.3 is 0 Å². The average Bonchev–Trinajstić information content (AvgIpc) is 2.88. The Morgan fingerprint density at radius 3 is 2.28 bits per heavy atom. The van der Waals surface area contributed by atoms with Crippen LogP contribution in [0.25, 0.3) is 0 Å². The number of hydrogen-bond acceptors (Lipinski definition) is 2. The molecule has 0 spiro atoms. The molecule has 1 rings (SSSR count). The number of hydrogen-bond donors (Lipinski definition) is 0. The van der Waals surface area contributed by atoms with Crippen molar-refractivity contribution in [3.05, 3.63) is 11.1 Å². The minimum absolute atomic E-state index is 0.968. The molecule has 0 radical (unpaired) electrons. The van der Waals surface area contributed by atoms with E-state index in [1.807, 2.05) is 0 Å². The first kappa shape index (κ1) is 15.2.